The standard InChI is InChI=1S/C24H17BN6O2/c1-23(2)24(3,4)33-25(32-23)19-5-6-20-21(18(19)13-29)31-22(30-20)17(12-28)16-8-14(10-26)7-15(9-16)11-27/h5-9H,1-4H3/b22-17-. The van der Waals surface area contributed by atoms with Crippen LogP contribution in [0.15, 0.2) is 46.1 Å². The second kappa shape index (κ2) is 7.70. The first-order valence-corrected chi connectivity index (χ1v) is 10.1. The first kappa shape index (κ1) is 21.9. The van der Waals surface area contributed by atoms with Gasteiger partial charge in [-0.15, -0.1) is 0 Å². The molecule has 1 fully saturated rings. The van der Waals surface area contributed by atoms with Crippen LogP contribution in [-0.2, 0) is 9.31 Å². The predicted molar refractivity (Wildman–Crippen MR) is 118 cm³/mol. The molecule has 1 saturated heterocycles. The predicted octanol–water partition coefficient (Wildman–Crippen LogP) is 1.75. The molecule has 2 aliphatic heterocycles. The summed E-state index contributed by atoms with van der Waals surface area (Å²) in [6, 6.07) is 16.1. The topological polar surface area (TPSA) is 138 Å². The molecule has 8 nitrogen and oxygen atoms in total. The first-order chi connectivity index (χ1) is 15.6. The van der Waals surface area contributed by atoms with Crippen molar-refractivity contribution in [2.45, 2.75) is 38.9 Å². The monoisotopic (exact) mass is 432 g/mol. The molecular formula is C24H17BN6O2. The van der Waals surface area contributed by atoms with Gasteiger partial charge < -0.3 is 9.31 Å². The Kier molecular flexibility index (Phi) is 5.12. The Labute approximate surface area is 191 Å². The van der Waals surface area contributed by atoms with Crippen LogP contribution >= 0.6 is 0 Å². The Balaban J connectivity index is 1.88. The molecule has 0 N–H and O–H groups in total. The number of benzene rings is 2. The van der Waals surface area contributed by atoms with E-state index in [9.17, 15) is 21.0 Å². The van der Waals surface area contributed by atoms with E-state index in [0.29, 0.717) is 21.7 Å². The molecule has 2 aliphatic rings. The van der Waals surface area contributed by atoms with E-state index >= 15 is 0 Å². The van der Waals surface area contributed by atoms with Crippen molar-refractivity contribution < 1.29 is 9.31 Å². The average molecular weight is 432 g/mol. The van der Waals surface area contributed by atoms with Crippen molar-refractivity contribution in [2.24, 2.45) is 9.98 Å². The van der Waals surface area contributed by atoms with E-state index in [1.165, 1.54) is 18.2 Å². The molecule has 0 aliphatic carbocycles. The van der Waals surface area contributed by atoms with Gasteiger partial charge in [-0.2, -0.15) is 21.0 Å². The van der Waals surface area contributed by atoms with Gasteiger partial charge in [-0.1, -0.05) is 6.07 Å². The minimum absolute atomic E-state index is 0.0980. The van der Waals surface area contributed by atoms with Gasteiger partial charge in [0.15, 0.2) is 5.82 Å². The lowest BCUT2D eigenvalue weighted by atomic mass is 9.76. The molecule has 0 unspecified atom stereocenters. The lowest BCUT2D eigenvalue weighted by molar-refractivity contribution is 0.00578. The number of fused-ring (bicyclic) bond motifs is 1. The Morgan fingerprint density at radius 1 is 0.848 bits per heavy atom. The zero-order chi connectivity index (χ0) is 24.0. The van der Waals surface area contributed by atoms with E-state index in [-0.39, 0.29) is 28.1 Å². The van der Waals surface area contributed by atoms with Gasteiger partial charge in [0, 0.05) is 5.46 Å². The molecule has 0 saturated carbocycles. The van der Waals surface area contributed by atoms with Crippen molar-refractivity contribution >= 4 is 18.2 Å². The molecule has 2 aromatic rings. The summed E-state index contributed by atoms with van der Waals surface area (Å²) < 4.78 is 12.2. The summed E-state index contributed by atoms with van der Waals surface area (Å²) in [4.78, 5) is 8.91. The smallest absolute Gasteiger partial charge is 0.399 e. The van der Waals surface area contributed by atoms with E-state index in [4.69, 9.17) is 9.31 Å². The van der Waals surface area contributed by atoms with E-state index in [1.54, 1.807) is 12.1 Å². The highest BCUT2D eigenvalue weighted by Gasteiger charge is 2.52. The highest BCUT2D eigenvalue weighted by Crippen LogP contribution is 2.36. The van der Waals surface area contributed by atoms with Gasteiger partial charge in [0.25, 0.3) is 0 Å². The van der Waals surface area contributed by atoms with Gasteiger partial charge >= 0.3 is 7.12 Å². The van der Waals surface area contributed by atoms with Gasteiger partial charge in [0.05, 0.1) is 45.4 Å². The molecule has 2 aromatic carbocycles. The van der Waals surface area contributed by atoms with Crippen LogP contribution in [-0.4, -0.2) is 18.3 Å². The van der Waals surface area contributed by atoms with Crippen molar-refractivity contribution in [3.05, 3.63) is 69.1 Å². The zero-order valence-corrected chi connectivity index (χ0v) is 18.5. The number of rotatable bonds is 2. The Bertz CT molecular complexity index is 1480. The molecule has 0 amide bonds. The van der Waals surface area contributed by atoms with Crippen LogP contribution in [0.3, 0.4) is 0 Å². The number of hydrogen-bond acceptors (Lipinski definition) is 8. The number of hydrogen-bond donors (Lipinski definition) is 0. The van der Waals surface area contributed by atoms with Crippen molar-refractivity contribution in [3.63, 3.8) is 0 Å². The van der Waals surface area contributed by atoms with E-state index in [1.807, 2.05) is 39.8 Å². The minimum Gasteiger partial charge on any atom is -0.399 e. The van der Waals surface area contributed by atoms with Gasteiger partial charge in [0.2, 0.25) is 0 Å². The maximum Gasteiger partial charge on any atom is 0.496 e. The van der Waals surface area contributed by atoms with Crippen LogP contribution in [0.2, 0.25) is 0 Å². The molecule has 9 heteroatoms. The Morgan fingerprint density at radius 3 is 1.97 bits per heavy atom. The van der Waals surface area contributed by atoms with E-state index < -0.39 is 18.3 Å². The van der Waals surface area contributed by atoms with Crippen LogP contribution in [0.5, 0.6) is 0 Å². The number of allylic oxidation sites excluding steroid dienone is 1. The van der Waals surface area contributed by atoms with Gasteiger partial charge in [-0.3, -0.25) is 0 Å². The fourth-order valence-corrected chi connectivity index (χ4v) is 3.58. The van der Waals surface area contributed by atoms with Gasteiger partial charge in [-0.25, -0.2) is 9.98 Å². The molecule has 0 spiro atoms. The van der Waals surface area contributed by atoms with Crippen LogP contribution in [0.1, 0.15) is 49.9 Å². The zero-order valence-electron chi connectivity index (χ0n) is 18.5. The third-order valence-corrected chi connectivity index (χ3v) is 6.07. The van der Waals surface area contributed by atoms with Crippen LogP contribution in [0, 0.1) is 45.3 Å². The lowest BCUT2D eigenvalue weighted by Gasteiger charge is -2.32. The van der Waals surface area contributed by atoms with Crippen molar-refractivity contribution in [2.75, 3.05) is 0 Å². The van der Waals surface area contributed by atoms with Crippen LogP contribution in [0.25, 0.3) is 5.57 Å². The summed E-state index contributed by atoms with van der Waals surface area (Å²) in [7, 11) is -0.751. The van der Waals surface area contributed by atoms with Crippen LogP contribution in [0.4, 0.5) is 0 Å². The molecule has 0 aromatic heterocycles. The largest absolute Gasteiger partial charge is 0.496 e. The molecule has 158 valence electrons. The molecule has 4 rings (SSSR count). The number of nitrogens with zero attached hydrogens (tertiary/aromatic N) is 6. The normalized spacial score (nSPS) is 18.6. The Hall–Kier alpha value is -4.28. The van der Waals surface area contributed by atoms with Crippen molar-refractivity contribution in [1.82, 2.24) is 0 Å². The van der Waals surface area contributed by atoms with E-state index in [0.717, 1.165) is 0 Å². The molecule has 0 atom stereocenters. The SMILES string of the molecule is CC1(C)OB(c2ccc3c(c2C#N)=N/C(=C(/C#N)c2cc(C#N)cc(C#N)c2)N=3)OC1(C)C. The summed E-state index contributed by atoms with van der Waals surface area (Å²) in [6.07, 6.45) is 0. The second-order valence-corrected chi connectivity index (χ2v) is 8.65. The highest BCUT2D eigenvalue weighted by molar-refractivity contribution is 6.62. The maximum absolute atomic E-state index is 9.92. The summed E-state index contributed by atoms with van der Waals surface area (Å²) in [5, 5.41) is 39.0. The quantitative estimate of drug-likeness (QED) is 0.523. The molecular weight excluding hydrogens is 415 g/mol. The molecule has 33 heavy (non-hydrogen) atoms. The summed E-state index contributed by atoms with van der Waals surface area (Å²) in [6.45, 7) is 7.71. The third-order valence-electron chi connectivity index (χ3n) is 6.07. The lowest BCUT2D eigenvalue weighted by Crippen LogP contribution is -2.42. The fourth-order valence-electron chi connectivity index (χ4n) is 3.58. The summed E-state index contributed by atoms with van der Waals surface area (Å²) in [5.74, 6) is 0.106. The van der Waals surface area contributed by atoms with Gasteiger partial charge in [0.1, 0.15) is 23.1 Å². The summed E-state index contributed by atoms with van der Waals surface area (Å²) >= 11 is 0. The molecule has 2 heterocycles. The van der Waals surface area contributed by atoms with Crippen LogP contribution < -0.4 is 16.2 Å². The highest BCUT2D eigenvalue weighted by atomic mass is 16.7. The minimum atomic E-state index is -0.751. The van der Waals surface area contributed by atoms with Gasteiger partial charge in [-0.05, 0) is 57.5 Å². The Morgan fingerprint density at radius 2 is 1.45 bits per heavy atom. The summed E-state index contributed by atoms with van der Waals surface area (Å²) in [5.41, 5.74) is 0.580. The van der Waals surface area contributed by atoms with Crippen molar-refractivity contribution in [1.29, 1.82) is 21.0 Å². The third kappa shape index (κ3) is 3.57. The maximum atomic E-state index is 9.92. The molecule has 0 bridgehead atoms. The fraction of sp³-hybridized carbons (Fsp3) is 0.250. The van der Waals surface area contributed by atoms with Crippen molar-refractivity contribution in [3.8, 4) is 24.3 Å². The van der Waals surface area contributed by atoms with E-state index in [2.05, 4.69) is 22.1 Å². The second-order valence-electron chi connectivity index (χ2n) is 8.65. The molecule has 0 radical (unpaired) electrons. The first-order valence-electron chi connectivity index (χ1n) is 10.1. The average Bonchev–Trinajstić information content (AvgIpc) is 3.30. The number of nitriles is 4.